The van der Waals surface area contributed by atoms with Crippen LogP contribution in [0.3, 0.4) is 0 Å². The predicted molar refractivity (Wildman–Crippen MR) is 133 cm³/mol. The van der Waals surface area contributed by atoms with Crippen molar-refractivity contribution in [3.05, 3.63) is 69.4 Å². The van der Waals surface area contributed by atoms with E-state index in [1.165, 1.54) is 0 Å². The van der Waals surface area contributed by atoms with Gasteiger partial charge in [-0.2, -0.15) is 0 Å². The molecule has 170 valence electrons. The molecule has 0 spiro atoms. The number of hydrogen-bond acceptors (Lipinski definition) is 5. The molecule has 1 aliphatic carbocycles. The molecule has 2 fully saturated rings. The van der Waals surface area contributed by atoms with E-state index < -0.39 is 11.0 Å². The second kappa shape index (κ2) is 9.51. The van der Waals surface area contributed by atoms with Crippen LogP contribution in [0.1, 0.15) is 36.1 Å². The van der Waals surface area contributed by atoms with Gasteiger partial charge in [-0.25, -0.2) is 0 Å². The molecule has 32 heavy (non-hydrogen) atoms. The number of thiophene rings is 1. The molecule has 2 heterocycles. The average Bonchev–Trinajstić information content (AvgIpc) is 3.18. The molecule has 2 aliphatic rings. The molecule has 0 radical (unpaired) electrons. The van der Waals surface area contributed by atoms with Gasteiger partial charge in [0.25, 0.3) is 0 Å². The summed E-state index contributed by atoms with van der Waals surface area (Å²) in [5.41, 5.74) is -0.513. The fourth-order valence-corrected chi connectivity index (χ4v) is 6.68. The Kier molecular flexibility index (Phi) is 6.91. The largest absolute Gasteiger partial charge is 0.508 e. The van der Waals surface area contributed by atoms with Gasteiger partial charge in [-0.05, 0) is 78.0 Å². The summed E-state index contributed by atoms with van der Waals surface area (Å²) < 4.78 is 1.00. The van der Waals surface area contributed by atoms with Crippen LogP contribution in [-0.4, -0.2) is 52.3 Å². The molecular formula is C25H29BrN2O3S. The second-order valence-corrected chi connectivity index (χ2v) is 10.7. The number of phenolic OH excluding ortho intramolecular Hbond substituents is 1. The number of carbonyl (C=O) groups excluding carboxylic acids is 1. The second-order valence-electron chi connectivity index (χ2n) is 8.89. The van der Waals surface area contributed by atoms with Crippen LogP contribution in [0.25, 0.3) is 6.08 Å². The maximum Gasteiger partial charge on any atom is 0.244 e. The first-order chi connectivity index (χ1) is 15.3. The first-order valence-corrected chi connectivity index (χ1v) is 12.6. The normalized spacial score (nSPS) is 28.4. The summed E-state index contributed by atoms with van der Waals surface area (Å²) in [6.45, 7) is 5.97. The number of carbonyl (C=O) groups is 1. The summed E-state index contributed by atoms with van der Waals surface area (Å²) in [4.78, 5) is 15.9. The van der Waals surface area contributed by atoms with Crippen molar-refractivity contribution in [1.82, 2.24) is 10.2 Å². The van der Waals surface area contributed by atoms with E-state index in [0.717, 1.165) is 34.4 Å². The van der Waals surface area contributed by atoms with E-state index in [1.54, 1.807) is 29.5 Å². The average molecular weight is 517 g/mol. The maximum absolute atomic E-state index is 12.6. The van der Waals surface area contributed by atoms with E-state index in [4.69, 9.17) is 0 Å². The Morgan fingerprint density at radius 2 is 2.22 bits per heavy atom. The number of aliphatic hydroxyl groups is 1. The topological polar surface area (TPSA) is 72.8 Å². The number of nitrogens with one attached hydrogen (secondary N) is 1. The quantitative estimate of drug-likeness (QED) is 0.391. The molecule has 1 saturated carbocycles. The van der Waals surface area contributed by atoms with E-state index in [2.05, 4.69) is 32.7 Å². The molecule has 1 aliphatic heterocycles. The van der Waals surface area contributed by atoms with Crippen LogP contribution in [-0.2, 0) is 10.2 Å². The van der Waals surface area contributed by atoms with Crippen molar-refractivity contribution in [2.75, 3.05) is 19.6 Å². The Labute approximate surface area is 201 Å². The number of likely N-dealkylation sites (tertiary alicyclic amines) is 1. The van der Waals surface area contributed by atoms with Gasteiger partial charge in [0.2, 0.25) is 5.91 Å². The zero-order valence-electron chi connectivity index (χ0n) is 18.0. The number of β-amino-alcohol motifs (C(OH)–C–C–N with tert-alkyl or cyclic N) is 1. The highest BCUT2D eigenvalue weighted by Crippen LogP contribution is 2.52. The zero-order chi connectivity index (χ0) is 22.8. The van der Waals surface area contributed by atoms with Gasteiger partial charge < -0.3 is 15.5 Å². The van der Waals surface area contributed by atoms with Gasteiger partial charge in [-0.3, -0.25) is 9.69 Å². The van der Waals surface area contributed by atoms with Crippen molar-refractivity contribution in [1.29, 1.82) is 0 Å². The Balaban J connectivity index is 1.56. The summed E-state index contributed by atoms with van der Waals surface area (Å²) in [5.74, 6) is 0.0732. The smallest absolute Gasteiger partial charge is 0.244 e. The van der Waals surface area contributed by atoms with E-state index in [1.807, 2.05) is 35.7 Å². The number of amides is 1. The molecule has 3 N–H and O–H groups in total. The summed E-state index contributed by atoms with van der Waals surface area (Å²) in [5, 5.41) is 27.2. The fourth-order valence-electron chi connectivity index (χ4n) is 5.35. The number of aromatic hydroxyl groups is 1. The van der Waals surface area contributed by atoms with E-state index in [0.29, 0.717) is 25.8 Å². The minimum absolute atomic E-state index is 0.0456. The third kappa shape index (κ3) is 4.71. The van der Waals surface area contributed by atoms with Crippen LogP contribution in [0.5, 0.6) is 5.75 Å². The number of piperidine rings is 1. The number of nitrogens with zero attached hydrogens (tertiary/aromatic N) is 1. The van der Waals surface area contributed by atoms with Crippen LogP contribution < -0.4 is 5.32 Å². The van der Waals surface area contributed by atoms with Crippen molar-refractivity contribution < 1.29 is 15.0 Å². The minimum Gasteiger partial charge on any atom is -0.508 e. The number of hydrogen-bond donors (Lipinski definition) is 3. The van der Waals surface area contributed by atoms with Crippen molar-refractivity contribution in [3.63, 3.8) is 0 Å². The molecule has 0 bridgehead atoms. The van der Waals surface area contributed by atoms with Crippen LogP contribution in [0.4, 0.5) is 0 Å². The lowest BCUT2D eigenvalue weighted by Crippen LogP contribution is -2.67. The van der Waals surface area contributed by atoms with Gasteiger partial charge >= 0.3 is 0 Å². The Hall–Kier alpha value is -1.93. The van der Waals surface area contributed by atoms with Gasteiger partial charge in [0.05, 0.1) is 5.60 Å². The lowest BCUT2D eigenvalue weighted by Gasteiger charge is -2.58. The lowest BCUT2D eigenvalue weighted by atomic mass is 9.55. The van der Waals surface area contributed by atoms with Gasteiger partial charge in [0, 0.05) is 45.4 Å². The van der Waals surface area contributed by atoms with Gasteiger partial charge in [0.15, 0.2) is 0 Å². The monoisotopic (exact) mass is 516 g/mol. The van der Waals surface area contributed by atoms with E-state index in [-0.39, 0.29) is 17.7 Å². The summed E-state index contributed by atoms with van der Waals surface area (Å²) in [7, 11) is 0. The molecule has 1 aromatic carbocycles. The van der Waals surface area contributed by atoms with Gasteiger partial charge in [-0.15, -0.1) is 17.9 Å². The van der Waals surface area contributed by atoms with Crippen LogP contribution in [0.15, 0.2) is 58.9 Å². The molecule has 7 heteroatoms. The third-order valence-corrected chi connectivity index (χ3v) is 8.51. The number of halogens is 1. The molecule has 2 aromatic rings. The zero-order valence-corrected chi connectivity index (χ0v) is 20.4. The molecule has 5 nitrogen and oxygen atoms in total. The molecule has 1 saturated heterocycles. The number of benzene rings is 1. The molecule has 1 aromatic heterocycles. The Bertz CT molecular complexity index is 1020. The van der Waals surface area contributed by atoms with Crippen molar-refractivity contribution >= 4 is 39.2 Å². The highest BCUT2D eigenvalue weighted by Gasteiger charge is 2.57. The third-order valence-electron chi connectivity index (χ3n) is 6.85. The van der Waals surface area contributed by atoms with E-state index >= 15 is 0 Å². The summed E-state index contributed by atoms with van der Waals surface area (Å²) >= 11 is 5.00. The number of phenols is 1. The van der Waals surface area contributed by atoms with Gasteiger partial charge in [0.1, 0.15) is 5.75 Å². The SMILES string of the molecule is C=CCN1CC[C@@]2(c3cccc(O)c3)C[C@@H](NC(=O)/C=C/c3cc(Br)cs3)CC[C@]2(O)C1. The Morgan fingerprint density at radius 3 is 2.94 bits per heavy atom. The summed E-state index contributed by atoms with van der Waals surface area (Å²) in [6, 6.07) is 9.18. The van der Waals surface area contributed by atoms with Crippen LogP contribution >= 0.6 is 27.3 Å². The van der Waals surface area contributed by atoms with Crippen molar-refractivity contribution in [2.24, 2.45) is 0 Å². The van der Waals surface area contributed by atoms with Crippen LogP contribution in [0, 0.1) is 0 Å². The maximum atomic E-state index is 12.6. The van der Waals surface area contributed by atoms with Crippen molar-refractivity contribution in [2.45, 2.75) is 42.7 Å². The van der Waals surface area contributed by atoms with Crippen molar-refractivity contribution in [3.8, 4) is 5.75 Å². The molecule has 4 rings (SSSR count). The summed E-state index contributed by atoms with van der Waals surface area (Å²) in [6.07, 6.45) is 7.96. The predicted octanol–water partition coefficient (Wildman–Crippen LogP) is 4.46. The van der Waals surface area contributed by atoms with Gasteiger partial charge in [-0.1, -0.05) is 18.2 Å². The first-order valence-electron chi connectivity index (χ1n) is 10.9. The minimum atomic E-state index is -0.928. The Morgan fingerprint density at radius 1 is 1.38 bits per heavy atom. The molecule has 1 amide bonds. The first kappa shape index (κ1) is 23.2. The standard InChI is InChI=1S/C25H29BrN2O3S/c1-2-11-28-12-10-24(18-4-3-5-21(29)13-18)15-20(8-9-25(24,31)17-28)27-23(30)7-6-22-14-19(26)16-32-22/h2-7,13-14,16,20,29,31H,1,8-12,15,17H2,(H,27,30)/b7-6+/t20-,24-,25-/m0/s1. The highest BCUT2D eigenvalue weighted by molar-refractivity contribution is 9.10. The lowest BCUT2D eigenvalue weighted by molar-refractivity contribution is -0.130. The number of rotatable bonds is 6. The highest BCUT2D eigenvalue weighted by atomic mass is 79.9. The molecule has 0 unspecified atom stereocenters. The van der Waals surface area contributed by atoms with Crippen LogP contribution in [0.2, 0.25) is 0 Å². The fraction of sp³-hybridized carbons (Fsp3) is 0.400. The van der Waals surface area contributed by atoms with E-state index in [9.17, 15) is 15.0 Å². The molecular weight excluding hydrogens is 488 g/mol. The molecule has 3 atom stereocenters. The number of fused-ring (bicyclic) bond motifs is 1.